The zero-order valence-corrected chi connectivity index (χ0v) is 9.19. The van der Waals surface area contributed by atoms with Gasteiger partial charge in [-0.3, -0.25) is 10.1 Å². The topological polar surface area (TPSA) is 50.8 Å². The molecule has 0 spiro atoms. The molecule has 0 unspecified atom stereocenters. The first-order chi connectivity index (χ1) is 7.42. The maximum Gasteiger partial charge on any atom is 0.145 e. The van der Waals surface area contributed by atoms with Crippen molar-refractivity contribution in [2.45, 2.75) is 13.8 Å². The minimum absolute atomic E-state index is 0.754. The number of hydrogen-bond acceptors (Lipinski definition) is 3. The van der Waals surface area contributed by atoms with Gasteiger partial charge in [-0.05, 0) is 12.1 Å². The predicted molar refractivity (Wildman–Crippen MR) is 59.7 cm³/mol. The molecule has 0 aliphatic rings. The highest BCUT2D eigenvalue weighted by atomic mass is 16.5. The molecule has 0 saturated carbocycles. The Kier molecular flexibility index (Phi) is 4.34. The highest BCUT2D eigenvalue weighted by molar-refractivity contribution is 5.64. The van der Waals surface area contributed by atoms with E-state index in [-0.39, 0.29) is 0 Å². The average molecular weight is 205 g/mol. The van der Waals surface area contributed by atoms with Crippen molar-refractivity contribution in [3.63, 3.8) is 0 Å². The summed E-state index contributed by atoms with van der Waals surface area (Å²) in [5.74, 6) is 0.754. The molecular weight excluding hydrogens is 190 g/mol. The Morgan fingerprint density at radius 3 is 2.73 bits per heavy atom. The SMILES string of the molecule is CC.COc1cccnc1-c1cn[nH]c1. The van der Waals surface area contributed by atoms with E-state index in [1.807, 2.05) is 26.0 Å². The van der Waals surface area contributed by atoms with E-state index in [9.17, 15) is 0 Å². The smallest absolute Gasteiger partial charge is 0.145 e. The van der Waals surface area contributed by atoms with Gasteiger partial charge >= 0.3 is 0 Å². The Bertz CT molecular complexity index is 384. The molecule has 0 atom stereocenters. The van der Waals surface area contributed by atoms with Crippen LogP contribution in [-0.4, -0.2) is 22.3 Å². The summed E-state index contributed by atoms with van der Waals surface area (Å²) in [5, 5.41) is 6.59. The summed E-state index contributed by atoms with van der Waals surface area (Å²) >= 11 is 0. The third-order valence-electron chi connectivity index (χ3n) is 1.76. The van der Waals surface area contributed by atoms with E-state index in [0.29, 0.717) is 0 Å². The van der Waals surface area contributed by atoms with E-state index in [1.54, 1.807) is 25.7 Å². The molecule has 0 aliphatic carbocycles. The fraction of sp³-hybridized carbons (Fsp3) is 0.273. The summed E-state index contributed by atoms with van der Waals surface area (Å²) in [6.07, 6.45) is 5.22. The number of rotatable bonds is 2. The summed E-state index contributed by atoms with van der Waals surface area (Å²) in [6.45, 7) is 4.00. The molecule has 80 valence electrons. The summed E-state index contributed by atoms with van der Waals surface area (Å²) in [7, 11) is 1.63. The van der Waals surface area contributed by atoms with Crippen LogP contribution in [0.2, 0.25) is 0 Å². The van der Waals surface area contributed by atoms with Gasteiger partial charge in [0.1, 0.15) is 11.4 Å². The summed E-state index contributed by atoms with van der Waals surface area (Å²) < 4.78 is 5.16. The Morgan fingerprint density at radius 2 is 2.13 bits per heavy atom. The standard InChI is InChI=1S/C9H9N3O.C2H6/c1-13-8-3-2-4-10-9(8)7-5-11-12-6-7;1-2/h2-6H,1H3,(H,11,12);1-2H3. The van der Waals surface area contributed by atoms with Gasteiger partial charge in [0.2, 0.25) is 0 Å². The van der Waals surface area contributed by atoms with Gasteiger partial charge in [-0.25, -0.2) is 0 Å². The quantitative estimate of drug-likeness (QED) is 0.819. The van der Waals surface area contributed by atoms with Crippen LogP contribution in [0, 0.1) is 0 Å². The highest BCUT2D eigenvalue weighted by Gasteiger charge is 2.06. The lowest BCUT2D eigenvalue weighted by Gasteiger charge is -2.03. The molecule has 0 amide bonds. The highest BCUT2D eigenvalue weighted by Crippen LogP contribution is 2.25. The zero-order chi connectivity index (χ0) is 11.1. The zero-order valence-electron chi connectivity index (χ0n) is 9.19. The van der Waals surface area contributed by atoms with E-state index in [0.717, 1.165) is 17.0 Å². The molecule has 0 radical (unpaired) electrons. The lowest BCUT2D eigenvalue weighted by atomic mass is 10.2. The largest absolute Gasteiger partial charge is 0.494 e. The number of nitrogens with one attached hydrogen (secondary N) is 1. The molecule has 0 fully saturated rings. The van der Waals surface area contributed by atoms with Crippen molar-refractivity contribution in [2.24, 2.45) is 0 Å². The van der Waals surface area contributed by atoms with Gasteiger partial charge in [-0.1, -0.05) is 13.8 Å². The number of aromatic nitrogens is 3. The molecule has 2 rings (SSSR count). The van der Waals surface area contributed by atoms with Crippen LogP contribution in [0.25, 0.3) is 11.3 Å². The third-order valence-corrected chi connectivity index (χ3v) is 1.76. The first kappa shape index (κ1) is 11.2. The van der Waals surface area contributed by atoms with Gasteiger partial charge in [-0.15, -0.1) is 0 Å². The van der Waals surface area contributed by atoms with Crippen molar-refractivity contribution in [3.8, 4) is 17.0 Å². The average Bonchev–Trinajstić information content (AvgIpc) is 2.85. The fourth-order valence-corrected chi connectivity index (χ4v) is 1.15. The van der Waals surface area contributed by atoms with Gasteiger partial charge in [0.15, 0.2) is 0 Å². The first-order valence-corrected chi connectivity index (χ1v) is 4.90. The van der Waals surface area contributed by atoms with Crippen molar-refractivity contribution in [3.05, 3.63) is 30.7 Å². The molecule has 4 heteroatoms. The second kappa shape index (κ2) is 5.80. The molecule has 2 aromatic rings. The van der Waals surface area contributed by atoms with E-state index < -0.39 is 0 Å². The van der Waals surface area contributed by atoms with Crippen LogP contribution < -0.4 is 4.74 Å². The van der Waals surface area contributed by atoms with Crippen molar-refractivity contribution >= 4 is 0 Å². The summed E-state index contributed by atoms with van der Waals surface area (Å²) in [4.78, 5) is 4.21. The number of H-pyrrole nitrogens is 1. The number of nitrogens with zero attached hydrogens (tertiary/aromatic N) is 2. The summed E-state index contributed by atoms with van der Waals surface area (Å²) in [5.41, 5.74) is 1.73. The molecule has 15 heavy (non-hydrogen) atoms. The van der Waals surface area contributed by atoms with E-state index in [2.05, 4.69) is 15.2 Å². The van der Waals surface area contributed by atoms with Crippen molar-refractivity contribution in [1.82, 2.24) is 15.2 Å². The van der Waals surface area contributed by atoms with Crippen LogP contribution in [0.1, 0.15) is 13.8 Å². The number of hydrogen-bond donors (Lipinski definition) is 1. The van der Waals surface area contributed by atoms with Crippen molar-refractivity contribution in [2.75, 3.05) is 7.11 Å². The van der Waals surface area contributed by atoms with Crippen LogP contribution >= 0.6 is 0 Å². The second-order valence-electron chi connectivity index (χ2n) is 2.54. The Morgan fingerprint density at radius 1 is 1.33 bits per heavy atom. The van der Waals surface area contributed by atoms with Crippen LogP contribution in [-0.2, 0) is 0 Å². The molecule has 2 aromatic heterocycles. The van der Waals surface area contributed by atoms with Crippen LogP contribution in [0.4, 0.5) is 0 Å². The lowest BCUT2D eigenvalue weighted by Crippen LogP contribution is -1.88. The van der Waals surface area contributed by atoms with Gasteiger partial charge in [0, 0.05) is 18.0 Å². The Hall–Kier alpha value is -1.84. The molecule has 0 aliphatic heterocycles. The van der Waals surface area contributed by atoms with E-state index >= 15 is 0 Å². The second-order valence-corrected chi connectivity index (χ2v) is 2.54. The normalized spacial score (nSPS) is 9.00. The maximum absolute atomic E-state index is 5.16. The minimum Gasteiger partial charge on any atom is -0.494 e. The fourth-order valence-electron chi connectivity index (χ4n) is 1.15. The molecule has 2 heterocycles. The molecular formula is C11H15N3O. The maximum atomic E-state index is 5.16. The molecule has 4 nitrogen and oxygen atoms in total. The van der Waals surface area contributed by atoms with E-state index in [4.69, 9.17) is 4.74 Å². The number of methoxy groups -OCH3 is 1. The number of aromatic amines is 1. The lowest BCUT2D eigenvalue weighted by molar-refractivity contribution is 0.415. The van der Waals surface area contributed by atoms with E-state index in [1.165, 1.54) is 0 Å². The molecule has 0 saturated heterocycles. The number of ether oxygens (including phenoxy) is 1. The first-order valence-electron chi connectivity index (χ1n) is 4.90. The Balaban J connectivity index is 0.000000531. The van der Waals surface area contributed by atoms with Gasteiger partial charge in [0.05, 0.1) is 13.3 Å². The van der Waals surface area contributed by atoms with Gasteiger partial charge < -0.3 is 4.74 Å². The predicted octanol–water partition coefficient (Wildman–Crippen LogP) is 2.51. The monoisotopic (exact) mass is 205 g/mol. The minimum atomic E-state index is 0.754. The third kappa shape index (κ3) is 2.56. The number of pyridine rings is 1. The van der Waals surface area contributed by atoms with Crippen LogP contribution in [0.3, 0.4) is 0 Å². The Labute approximate surface area is 89.3 Å². The van der Waals surface area contributed by atoms with Crippen molar-refractivity contribution < 1.29 is 4.74 Å². The molecule has 0 aromatic carbocycles. The molecule has 0 bridgehead atoms. The van der Waals surface area contributed by atoms with Crippen LogP contribution in [0.5, 0.6) is 5.75 Å². The summed E-state index contributed by atoms with van der Waals surface area (Å²) in [6, 6.07) is 3.71. The van der Waals surface area contributed by atoms with Gasteiger partial charge in [0.25, 0.3) is 0 Å². The van der Waals surface area contributed by atoms with Crippen molar-refractivity contribution in [1.29, 1.82) is 0 Å². The van der Waals surface area contributed by atoms with Crippen LogP contribution in [0.15, 0.2) is 30.7 Å². The van der Waals surface area contributed by atoms with Gasteiger partial charge in [-0.2, -0.15) is 5.10 Å². The molecule has 1 N–H and O–H groups in total.